The fourth-order valence-electron chi connectivity index (χ4n) is 6.60. The summed E-state index contributed by atoms with van der Waals surface area (Å²) >= 11 is 0. The number of benzene rings is 2. The number of nitrogens with zero attached hydrogens (tertiary/aromatic N) is 6. The van der Waals surface area contributed by atoms with Gasteiger partial charge in [0.05, 0.1) is 35.7 Å². The molecule has 3 aromatic rings. The fraction of sp³-hybridized carbons (Fsp3) is 0.364. The maximum absolute atomic E-state index is 13.3. The van der Waals surface area contributed by atoms with Crippen LogP contribution in [0.25, 0.3) is 11.3 Å². The van der Waals surface area contributed by atoms with Gasteiger partial charge in [0.25, 0.3) is 11.8 Å². The highest BCUT2D eigenvalue weighted by Gasteiger charge is 2.46. The molecule has 15 heteroatoms. The summed E-state index contributed by atoms with van der Waals surface area (Å²) in [5.41, 5.74) is 8.25. The number of ether oxygens (including phenoxy) is 1. The Morgan fingerprint density at radius 3 is 2.46 bits per heavy atom. The summed E-state index contributed by atoms with van der Waals surface area (Å²) in [6.45, 7) is 4.15. The highest BCUT2D eigenvalue weighted by atomic mass is 16.5. The summed E-state index contributed by atoms with van der Waals surface area (Å²) in [5.74, 6) is -1.57. The van der Waals surface area contributed by atoms with Crippen LogP contribution in [0.4, 0.5) is 11.5 Å². The predicted octanol–water partition coefficient (Wildman–Crippen LogP) is 0.492. The maximum atomic E-state index is 13.3. The van der Waals surface area contributed by atoms with Crippen molar-refractivity contribution in [3.63, 3.8) is 0 Å². The lowest BCUT2D eigenvalue weighted by atomic mass is 10.0. The molecule has 4 N–H and O–H groups in total. The minimum atomic E-state index is -1.05. The molecule has 0 bridgehead atoms. The number of piperidine rings is 1. The lowest BCUT2D eigenvalue weighted by Gasteiger charge is -2.41. The van der Waals surface area contributed by atoms with E-state index in [9.17, 15) is 29.1 Å². The minimum absolute atomic E-state index is 0.0212. The lowest BCUT2D eigenvalue weighted by Crippen LogP contribution is -2.56. The summed E-state index contributed by atoms with van der Waals surface area (Å²) in [6.07, 6.45) is 0.119. The first-order valence-corrected chi connectivity index (χ1v) is 15.8. The Balaban J connectivity index is 0.890. The Morgan fingerprint density at radius 1 is 0.958 bits per heavy atom. The van der Waals surface area contributed by atoms with Crippen molar-refractivity contribution in [2.24, 2.45) is 5.92 Å². The van der Waals surface area contributed by atoms with Gasteiger partial charge < -0.3 is 25.4 Å². The van der Waals surface area contributed by atoms with Crippen molar-refractivity contribution in [3.8, 4) is 22.8 Å². The molecule has 48 heavy (non-hydrogen) atoms. The summed E-state index contributed by atoms with van der Waals surface area (Å²) in [4.78, 5) is 70.2. The number of carbonyl (C=O) groups excluding carboxylic acids is 5. The summed E-state index contributed by atoms with van der Waals surface area (Å²) in [6, 6.07) is 12.4. The SMILES string of the molecule is Nc1nnc(-c2ccccc2O)cc1N1CCN(CC(=O)N2CC(COc3cccc4c3C(=O)N(C3CCC(=O)NC3=O)C4=O)C2)CC1. The molecule has 1 unspecified atom stereocenters. The van der Waals surface area contributed by atoms with Crippen molar-refractivity contribution >= 4 is 41.0 Å². The van der Waals surface area contributed by atoms with E-state index in [1.807, 2.05) is 12.1 Å². The first-order chi connectivity index (χ1) is 23.2. The number of amides is 5. The Bertz CT molecular complexity index is 1820. The van der Waals surface area contributed by atoms with Crippen LogP contribution in [-0.4, -0.2) is 118 Å². The van der Waals surface area contributed by atoms with E-state index in [2.05, 4.69) is 25.3 Å². The van der Waals surface area contributed by atoms with Crippen molar-refractivity contribution < 1.29 is 33.8 Å². The van der Waals surface area contributed by atoms with Crippen LogP contribution in [0.5, 0.6) is 11.5 Å². The summed E-state index contributed by atoms with van der Waals surface area (Å²) in [5, 5.41) is 20.7. The van der Waals surface area contributed by atoms with Crippen LogP contribution in [0.3, 0.4) is 0 Å². The number of hydrogen-bond donors (Lipinski definition) is 3. The number of nitrogens with two attached hydrogens (primary N) is 1. The number of piperazine rings is 1. The van der Waals surface area contributed by atoms with Crippen LogP contribution >= 0.6 is 0 Å². The van der Waals surface area contributed by atoms with Gasteiger partial charge in [-0.1, -0.05) is 18.2 Å². The molecule has 15 nitrogen and oxygen atoms in total. The molecule has 3 fully saturated rings. The van der Waals surface area contributed by atoms with Gasteiger partial charge in [0.15, 0.2) is 5.82 Å². The van der Waals surface area contributed by atoms with E-state index in [0.29, 0.717) is 56.3 Å². The zero-order valence-corrected chi connectivity index (χ0v) is 26.0. The first-order valence-electron chi connectivity index (χ1n) is 15.8. The molecule has 0 aliphatic carbocycles. The summed E-state index contributed by atoms with van der Waals surface area (Å²) < 4.78 is 5.99. The quantitative estimate of drug-likeness (QED) is 0.285. The second-order valence-electron chi connectivity index (χ2n) is 12.4. The lowest BCUT2D eigenvalue weighted by molar-refractivity contribution is -0.139. The number of nitrogens with one attached hydrogen (secondary N) is 1. The number of anilines is 2. The molecule has 3 saturated heterocycles. The van der Waals surface area contributed by atoms with Crippen molar-refractivity contribution in [1.82, 2.24) is 30.2 Å². The number of fused-ring (bicyclic) bond motifs is 1. The third-order valence-electron chi connectivity index (χ3n) is 9.27. The second-order valence-corrected chi connectivity index (χ2v) is 12.4. The van der Waals surface area contributed by atoms with Gasteiger partial charge in [0.2, 0.25) is 17.7 Å². The van der Waals surface area contributed by atoms with Crippen molar-refractivity contribution in [2.45, 2.75) is 18.9 Å². The van der Waals surface area contributed by atoms with Gasteiger partial charge in [0.1, 0.15) is 17.5 Å². The highest BCUT2D eigenvalue weighted by molar-refractivity contribution is 6.24. The zero-order chi connectivity index (χ0) is 33.5. The van der Waals surface area contributed by atoms with Gasteiger partial charge in [-0.2, -0.15) is 0 Å². The van der Waals surface area contributed by atoms with Gasteiger partial charge >= 0.3 is 0 Å². The molecule has 5 amide bonds. The van der Waals surface area contributed by atoms with Crippen molar-refractivity contribution in [2.75, 3.05) is 63.1 Å². The average molecular weight is 655 g/mol. The van der Waals surface area contributed by atoms with Crippen LogP contribution < -0.4 is 20.7 Å². The van der Waals surface area contributed by atoms with Crippen LogP contribution in [-0.2, 0) is 14.4 Å². The number of carbonyl (C=O) groups is 5. The number of aromatic hydroxyl groups is 1. The van der Waals surface area contributed by atoms with Gasteiger partial charge in [-0.3, -0.25) is 39.1 Å². The van der Waals surface area contributed by atoms with Gasteiger partial charge in [-0.05, 0) is 36.8 Å². The number of hydrogen-bond acceptors (Lipinski definition) is 12. The van der Waals surface area contributed by atoms with E-state index in [1.54, 1.807) is 35.2 Å². The Kier molecular flexibility index (Phi) is 8.12. The second kappa shape index (κ2) is 12.6. The first kappa shape index (κ1) is 31.1. The molecule has 7 rings (SSSR count). The molecule has 0 saturated carbocycles. The highest BCUT2D eigenvalue weighted by Crippen LogP contribution is 2.35. The molecule has 5 heterocycles. The number of aromatic nitrogens is 2. The van der Waals surface area contributed by atoms with Crippen LogP contribution in [0.15, 0.2) is 48.5 Å². The third kappa shape index (κ3) is 5.76. The molecule has 1 aromatic heterocycles. The maximum Gasteiger partial charge on any atom is 0.266 e. The number of nitrogen functional groups attached to an aromatic ring is 1. The monoisotopic (exact) mass is 654 g/mol. The smallest absolute Gasteiger partial charge is 0.266 e. The van der Waals surface area contributed by atoms with E-state index in [-0.39, 0.29) is 60.4 Å². The number of para-hydroxylation sites is 1. The molecule has 0 spiro atoms. The number of imide groups is 2. The molecule has 0 radical (unpaired) electrons. The van der Waals surface area contributed by atoms with Crippen LogP contribution in [0, 0.1) is 5.92 Å². The van der Waals surface area contributed by atoms with Gasteiger partial charge in [-0.25, -0.2) is 0 Å². The van der Waals surface area contributed by atoms with Gasteiger partial charge in [-0.15, -0.1) is 10.2 Å². The normalized spacial score (nSPS) is 20.1. The van der Waals surface area contributed by atoms with Gasteiger partial charge in [0, 0.05) is 57.2 Å². The Hall–Kier alpha value is -5.57. The Labute approximate surface area is 275 Å². The van der Waals surface area contributed by atoms with Crippen LogP contribution in [0.1, 0.15) is 33.6 Å². The van der Waals surface area contributed by atoms with Crippen molar-refractivity contribution in [3.05, 3.63) is 59.7 Å². The third-order valence-corrected chi connectivity index (χ3v) is 9.27. The molecule has 4 aliphatic heterocycles. The largest absolute Gasteiger partial charge is 0.507 e. The standard InChI is InChI=1S/C33H34N8O7/c34-30-24(14-22(36-37-30)20-4-1-2-6-25(20)42)39-12-10-38(11-13-39)17-28(44)40-15-19(16-40)18-48-26-7-3-5-21-29(26)33(47)41(32(21)46)23-8-9-27(43)35-31(23)45/h1-7,14,19,23,42H,8-13,15-18H2,(H2,34,37)(H,35,43,45). The molecule has 248 valence electrons. The van der Waals surface area contributed by atoms with E-state index < -0.39 is 29.7 Å². The average Bonchev–Trinajstić information content (AvgIpc) is 3.31. The number of rotatable bonds is 8. The molecular weight excluding hydrogens is 620 g/mol. The van der Waals surface area contributed by atoms with Crippen LogP contribution in [0.2, 0.25) is 0 Å². The van der Waals surface area contributed by atoms with E-state index >= 15 is 0 Å². The number of likely N-dealkylation sites (tertiary alicyclic amines) is 1. The fourth-order valence-corrected chi connectivity index (χ4v) is 6.60. The molecule has 2 aromatic carbocycles. The predicted molar refractivity (Wildman–Crippen MR) is 171 cm³/mol. The van der Waals surface area contributed by atoms with E-state index in [4.69, 9.17) is 10.5 Å². The minimum Gasteiger partial charge on any atom is -0.507 e. The topological polar surface area (TPSA) is 192 Å². The molecular formula is C33H34N8O7. The number of phenolic OH excluding ortho intramolecular Hbond substituents is 1. The number of phenols is 1. The zero-order valence-electron chi connectivity index (χ0n) is 26.0. The van der Waals surface area contributed by atoms with E-state index in [0.717, 1.165) is 10.6 Å². The van der Waals surface area contributed by atoms with Crippen molar-refractivity contribution in [1.29, 1.82) is 0 Å². The molecule has 4 aliphatic rings. The molecule has 1 atom stereocenters. The van der Waals surface area contributed by atoms with E-state index in [1.165, 1.54) is 6.07 Å². The Morgan fingerprint density at radius 2 is 1.71 bits per heavy atom. The summed E-state index contributed by atoms with van der Waals surface area (Å²) in [7, 11) is 0.